The normalized spacial score (nSPS) is 10.7. The van der Waals surface area contributed by atoms with Gasteiger partial charge in [-0.1, -0.05) is 12.1 Å². The second-order valence-electron chi connectivity index (χ2n) is 6.00. The summed E-state index contributed by atoms with van der Waals surface area (Å²) < 4.78 is 1.97. The molecule has 1 amide bonds. The van der Waals surface area contributed by atoms with Crippen LogP contribution in [-0.4, -0.2) is 15.7 Å². The second kappa shape index (κ2) is 7.57. The first kappa shape index (κ1) is 17.3. The topological polar surface area (TPSA) is 46.9 Å². The van der Waals surface area contributed by atoms with Gasteiger partial charge in [-0.25, -0.2) is 4.68 Å². The van der Waals surface area contributed by atoms with Gasteiger partial charge >= 0.3 is 0 Å². The average Bonchev–Trinajstić information content (AvgIpc) is 2.93. The van der Waals surface area contributed by atoms with E-state index in [4.69, 9.17) is 0 Å². The fourth-order valence-electron chi connectivity index (χ4n) is 2.63. The van der Waals surface area contributed by atoms with Gasteiger partial charge in [0.15, 0.2) is 0 Å². The first-order valence-electron chi connectivity index (χ1n) is 8.14. The maximum atomic E-state index is 11.0. The van der Waals surface area contributed by atoms with Gasteiger partial charge in [0.05, 0.1) is 11.4 Å². The molecule has 128 valence electrons. The minimum atomic E-state index is -0.0527. The maximum Gasteiger partial charge on any atom is 0.221 e. The van der Waals surface area contributed by atoms with Crippen molar-refractivity contribution in [1.29, 1.82) is 0 Å². The van der Waals surface area contributed by atoms with Gasteiger partial charge in [-0.2, -0.15) is 5.10 Å². The number of hydrogen-bond donors (Lipinski definition) is 1. The van der Waals surface area contributed by atoms with Crippen molar-refractivity contribution in [2.24, 2.45) is 0 Å². The minimum absolute atomic E-state index is 0.0527. The van der Waals surface area contributed by atoms with Crippen molar-refractivity contribution in [3.05, 3.63) is 71.5 Å². The van der Waals surface area contributed by atoms with E-state index in [0.717, 1.165) is 28.5 Å². The minimum Gasteiger partial charge on any atom is -0.326 e. The summed E-state index contributed by atoms with van der Waals surface area (Å²) in [5.74, 6) is 0.847. The Morgan fingerprint density at radius 1 is 1.08 bits per heavy atom. The van der Waals surface area contributed by atoms with Crippen LogP contribution in [0.3, 0.4) is 0 Å². The predicted octanol–water partition coefficient (Wildman–Crippen LogP) is 4.74. The Bertz CT molecular complexity index is 867. The maximum absolute atomic E-state index is 11.0. The van der Waals surface area contributed by atoms with Gasteiger partial charge < -0.3 is 5.32 Å². The Kier molecular flexibility index (Phi) is 5.24. The van der Waals surface area contributed by atoms with Gasteiger partial charge in [0.1, 0.15) is 0 Å². The molecule has 0 unspecified atom stereocenters. The van der Waals surface area contributed by atoms with Gasteiger partial charge in [0.2, 0.25) is 5.91 Å². The lowest BCUT2D eigenvalue weighted by molar-refractivity contribution is -0.114. The van der Waals surface area contributed by atoms with E-state index >= 15 is 0 Å². The molecule has 0 aliphatic carbocycles. The van der Waals surface area contributed by atoms with Crippen molar-refractivity contribution in [2.45, 2.75) is 31.4 Å². The number of anilines is 1. The number of carbonyl (C=O) groups excluding carboxylic acids is 1. The molecule has 2 aromatic carbocycles. The van der Waals surface area contributed by atoms with Crippen LogP contribution < -0.4 is 5.32 Å². The molecule has 0 aliphatic rings. The molecule has 3 aromatic rings. The van der Waals surface area contributed by atoms with Crippen molar-refractivity contribution < 1.29 is 4.79 Å². The Labute approximate surface area is 152 Å². The Morgan fingerprint density at radius 3 is 2.32 bits per heavy atom. The molecule has 1 heterocycles. The molecule has 4 nitrogen and oxygen atoms in total. The number of nitrogens with one attached hydrogen (secondary N) is 1. The Hall–Kier alpha value is -2.53. The van der Waals surface area contributed by atoms with Gasteiger partial charge in [0, 0.05) is 29.0 Å². The van der Waals surface area contributed by atoms with Crippen LogP contribution in [0.25, 0.3) is 5.69 Å². The molecular formula is C20H21N3OS. The summed E-state index contributed by atoms with van der Waals surface area (Å²) in [7, 11) is 0. The molecule has 0 saturated heterocycles. The molecule has 0 radical (unpaired) electrons. The fourth-order valence-corrected chi connectivity index (χ4v) is 3.48. The molecule has 0 fully saturated rings. The number of aromatic nitrogens is 2. The van der Waals surface area contributed by atoms with Crippen LogP contribution in [0.15, 0.2) is 59.5 Å². The van der Waals surface area contributed by atoms with Crippen LogP contribution in [0.5, 0.6) is 0 Å². The van der Waals surface area contributed by atoms with Crippen LogP contribution in [0.2, 0.25) is 0 Å². The predicted molar refractivity (Wildman–Crippen MR) is 103 cm³/mol. The third-order valence-corrected chi connectivity index (χ3v) is 4.85. The third kappa shape index (κ3) is 4.51. The summed E-state index contributed by atoms with van der Waals surface area (Å²) in [6, 6.07) is 18.5. The van der Waals surface area contributed by atoms with Crippen molar-refractivity contribution in [1.82, 2.24) is 9.78 Å². The number of amides is 1. The lowest BCUT2D eigenvalue weighted by Gasteiger charge is -2.07. The molecule has 0 bridgehead atoms. The molecule has 0 aliphatic heterocycles. The monoisotopic (exact) mass is 351 g/mol. The molecule has 0 atom stereocenters. The summed E-state index contributed by atoms with van der Waals surface area (Å²) in [4.78, 5) is 12.2. The van der Waals surface area contributed by atoms with Crippen LogP contribution in [0.1, 0.15) is 23.9 Å². The first-order chi connectivity index (χ1) is 12.0. The van der Waals surface area contributed by atoms with E-state index < -0.39 is 0 Å². The number of aryl methyl sites for hydroxylation is 2. The summed E-state index contributed by atoms with van der Waals surface area (Å²) in [5, 5.41) is 7.29. The molecule has 3 rings (SSSR count). The molecule has 0 saturated carbocycles. The number of benzene rings is 2. The lowest BCUT2D eigenvalue weighted by atomic mass is 10.2. The standard InChI is InChI=1S/C20H21N3OS/c1-14-12-15(2)23(22-14)19-8-4-17(5-9-19)13-25-20-10-6-18(7-11-20)21-16(3)24/h4-12H,13H2,1-3H3,(H,21,24). The molecular weight excluding hydrogens is 330 g/mol. The van der Waals surface area contributed by atoms with Gasteiger partial charge in [0.25, 0.3) is 0 Å². The van der Waals surface area contributed by atoms with E-state index in [9.17, 15) is 4.79 Å². The van der Waals surface area contributed by atoms with Crippen molar-refractivity contribution in [3.8, 4) is 5.69 Å². The smallest absolute Gasteiger partial charge is 0.221 e. The van der Waals surface area contributed by atoms with E-state index in [-0.39, 0.29) is 5.91 Å². The number of nitrogens with zero attached hydrogens (tertiary/aromatic N) is 2. The number of thioether (sulfide) groups is 1. The highest BCUT2D eigenvalue weighted by Gasteiger charge is 2.04. The number of carbonyl (C=O) groups is 1. The van der Waals surface area contributed by atoms with Gasteiger partial charge in [-0.05, 0) is 61.9 Å². The summed E-state index contributed by atoms with van der Waals surface area (Å²) in [6.45, 7) is 5.58. The second-order valence-corrected chi connectivity index (χ2v) is 7.05. The van der Waals surface area contributed by atoms with Crippen molar-refractivity contribution >= 4 is 23.4 Å². The highest BCUT2D eigenvalue weighted by Crippen LogP contribution is 2.25. The zero-order valence-corrected chi connectivity index (χ0v) is 15.4. The van der Waals surface area contributed by atoms with Gasteiger partial charge in [-0.3, -0.25) is 4.79 Å². The average molecular weight is 351 g/mol. The Balaban J connectivity index is 1.62. The summed E-state index contributed by atoms with van der Waals surface area (Å²) >= 11 is 1.77. The highest BCUT2D eigenvalue weighted by molar-refractivity contribution is 7.98. The van der Waals surface area contributed by atoms with E-state index in [1.54, 1.807) is 11.8 Å². The molecule has 5 heteroatoms. The van der Waals surface area contributed by atoms with E-state index in [2.05, 4.69) is 47.7 Å². The molecule has 1 N–H and O–H groups in total. The zero-order chi connectivity index (χ0) is 17.8. The van der Waals surface area contributed by atoms with Crippen molar-refractivity contribution in [2.75, 3.05) is 5.32 Å². The molecule has 0 spiro atoms. The lowest BCUT2D eigenvalue weighted by Crippen LogP contribution is -2.05. The zero-order valence-electron chi connectivity index (χ0n) is 14.6. The molecule has 1 aromatic heterocycles. The highest BCUT2D eigenvalue weighted by atomic mass is 32.2. The first-order valence-corrected chi connectivity index (χ1v) is 9.13. The van der Waals surface area contributed by atoms with Crippen LogP contribution >= 0.6 is 11.8 Å². The molecule has 25 heavy (non-hydrogen) atoms. The van der Waals surface area contributed by atoms with Crippen LogP contribution in [0, 0.1) is 13.8 Å². The van der Waals surface area contributed by atoms with Gasteiger partial charge in [-0.15, -0.1) is 11.8 Å². The largest absolute Gasteiger partial charge is 0.326 e. The number of rotatable bonds is 5. The third-order valence-electron chi connectivity index (χ3n) is 3.77. The quantitative estimate of drug-likeness (QED) is 0.675. The van der Waals surface area contributed by atoms with Crippen molar-refractivity contribution in [3.63, 3.8) is 0 Å². The SMILES string of the molecule is CC(=O)Nc1ccc(SCc2ccc(-n3nc(C)cc3C)cc2)cc1. The van der Waals surface area contributed by atoms with Crippen LogP contribution in [-0.2, 0) is 10.5 Å². The summed E-state index contributed by atoms with van der Waals surface area (Å²) in [5.41, 5.74) is 5.34. The Morgan fingerprint density at radius 2 is 1.76 bits per heavy atom. The summed E-state index contributed by atoms with van der Waals surface area (Å²) in [6.07, 6.45) is 0. The number of hydrogen-bond acceptors (Lipinski definition) is 3. The van der Waals surface area contributed by atoms with E-state index in [1.165, 1.54) is 17.4 Å². The fraction of sp³-hybridized carbons (Fsp3) is 0.200. The van der Waals surface area contributed by atoms with E-state index in [1.807, 2.05) is 35.9 Å². The van der Waals surface area contributed by atoms with E-state index in [0.29, 0.717) is 0 Å². The van der Waals surface area contributed by atoms with Crippen LogP contribution in [0.4, 0.5) is 5.69 Å².